The van der Waals surface area contributed by atoms with Crippen LogP contribution < -0.4 is 10.9 Å². The molecule has 2 N–H and O–H groups in total. The van der Waals surface area contributed by atoms with E-state index in [2.05, 4.69) is 15.5 Å². The van der Waals surface area contributed by atoms with Crippen LogP contribution in [0.1, 0.15) is 33.7 Å². The van der Waals surface area contributed by atoms with Gasteiger partial charge in [0.25, 0.3) is 11.5 Å². The van der Waals surface area contributed by atoms with E-state index in [9.17, 15) is 14.7 Å². The molecule has 0 saturated heterocycles. The van der Waals surface area contributed by atoms with Gasteiger partial charge in [-0.3, -0.25) is 14.3 Å². The average molecular weight is 417 g/mol. The lowest BCUT2D eigenvalue weighted by atomic mass is 10.1. The molecule has 2 aromatic heterocycles. The van der Waals surface area contributed by atoms with E-state index in [0.717, 1.165) is 22.0 Å². The lowest BCUT2D eigenvalue weighted by Crippen LogP contribution is -2.42. The van der Waals surface area contributed by atoms with Gasteiger partial charge < -0.3 is 10.4 Å². The zero-order chi connectivity index (χ0) is 23.0. The number of nitrogens with zero attached hydrogens (tertiary/aromatic N) is 4. The molecule has 0 spiro atoms. The summed E-state index contributed by atoms with van der Waals surface area (Å²) < 4.78 is 24.1. The van der Waals surface area contributed by atoms with Crippen LogP contribution in [0.25, 0.3) is 16.9 Å². The van der Waals surface area contributed by atoms with Crippen molar-refractivity contribution in [3.8, 4) is 16.9 Å². The number of amides is 1. The molecule has 1 aliphatic rings. The van der Waals surface area contributed by atoms with Crippen molar-refractivity contribution in [1.29, 1.82) is 0 Å². The Kier molecular flexibility index (Phi) is 4.28. The lowest BCUT2D eigenvalue weighted by molar-refractivity contribution is 0.0871. The highest BCUT2D eigenvalue weighted by atomic mass is 35.5. The number of halogens is 1. The molecule has 8 nitrogen and oxygen atoms in total. The van der Waals surface area contributed by atoms with Gasteiger partial charge >= 0.3 is 0 Å². The Morgan fingerprint density at radius 3 is 2.79 bits per heavy atom. The molecule has 1 amide bonds. The standard InChI is InChI=1S/C20H20ClN5O3/c1-25-11-14(10-22-25)26-20(29)15(19(28)23-16-3-2-4-18(16)27)9-17(24-26)12-5-7-13(21)8-6-12/h5-11,16,18,27H,2-4H2,1H3,(H,23,28)/t16-,18-/m1/s1/i1D3. The minimum Gasteiger partial charge on any atom is -0.391 e. The monoisotopic (exact) mass is 416 g/mol. The molecule has 9 heteroatoms. The number of hydrogen-bond donors (Lipinski definition) is 2. The number of rotatable bonds is 4. The van der Waals surface area contributed by atoms with Gasteiger partial charge in [-0.1, -0.05) is 23.7 Å². The van der Waals surface area contributed by atoms with Crippen LogP contribution in [0.4, 0.5) is 0 Å². The fourth-order valence-corrected chi connectivity index (χ4v) is 3.50. The molecule has 0 unspecified atom stereocenters. The number of carbonyl (C=O) groups excluding carboxylic acids is 1. The number of aromatic nitrogens is 4. The molecule has 2 atom stereocenters. The van der Waals surface area contributed by atoms with Crippen LogP contribution in [-0.2, 0) is 6.98 Å². The number of aliphatic hydroxyl groups excluding tert-OH is 1. The zero-order valence-electron chi connectivity index (χ0n) is 18.2. The Balaban J connectivity index is 1.81. The normalized spacial score (nSPS) is 20.7. The summed E-state index contributed by atoms with van der Waals surface area (Å²) in [6, 6.07) is 7.60. The third kappa shape index (κ3) is 3.94. The van der Waals surface area contributed by atoms with Crippen LogP contribution in [0.2, 0.25) is 5.02 Å². The van der Waals surface area contributed by atoms with Crippen molar-refractivity contribution in [2.75, 3.05) is 0 Å². The van der Waals surface area contributed by atoms with E-state index >= 15 is 0 Å². The summed E-state index contributed by atoms with van der Waals surface area (Å²) in [5, 5.41) is 21.4. The van der Waals surface area contributed by atoms with Crippen molar-refractivity contribution in [3.63, 3.8) is 0 Å². The summed E-state index contributed by atoms with van der Waals surface area (Å²) in [6.45, 7) is -2.53. The van der Waals surface area contributed by atoms with Crippen LogP contribution in [0, 0.1) is 0 Å². The maximum Gasteiger partial charge on any atom is 0.284 e. The molecule has 1 aliphatic carbocycles. The van der Waals surface area contributed by atoms with Crippen LogP contribution >= 0.6 is 11.6 Å². The van der Waals surface area contributed by atoms with Gasteiger partial charge in [-0.05, 0) is 37.5 Å². The first-order valence-corrected chi connectivity index (χ1v) is 9.46. The van der Waals surface area contributed by atoms with Gasteiger partial charge in [-0.25, -0.2) is 0 Å². The van der Waals surface area contributed by atoms with Crippen LogP contribution in [0.3, 0.4) is 0 Å². The smallest absolute Gasteiger partial charge is 0.284 e. The number of nitrogens with one attached hydrogen (secondary N) is 1. The molecule has 0 bridgehead atoms. The first kappa shape index (κ1) is 15.9. The number of hydrogen-bond acceptors (Lipinski definition) is 5. The third-order valence-electron chi connectivity index (χ3n) is 4.91. The van der Waals surface area contributed by atoms with Crippen molar-refractivity contribution < 1.29 is 14.0 Å². The zero-order valence-corrected chi connectivity index (χ0v) is 16.0. The van der Waals surface area contributed by atoms with E-state index in [1.807, 2.05) is 0 Å². The molecule has 3 aromatic rings. The minimum atomic E-state index is -2.53. The highest BCUT2D eigenvalue weighted by Crippen LogP contribution is 2.22. The molecule has 1 saturated carbocycles. The van der Waals surface area contributed by atoms with Gasteiger partial charge in [0.15, 0.2) is 0 Å². The fraction of sp³-hybridized carbons (Fsp3) is 0.300. The first-order chi connectivity index (χ1) is 15.1. The van der Waals surface area contributed by atoms with E-state index in [1.54, 1.807) is 24.3 Å². The van der Waals surface area contributed by atoms with Gasteiger partial charge in [0, 0.05) is 21.7 Å². The Labute approximate surface area is 176 Å². The molecular weight excluding hydrogens is 394 g/mol. The van der Waals surface area contributed by atoms with Gasteiger partial charge in [0.2, 0.25) is 0 Å². The van der Waals surface area contributed by atoms with Gasteiger partial charge in [0.1, 0.15) is 11.3 Å². The number of aliphatic hydroxyl groups is 1. The second kappa shape index (κ2) is 7.81. The predicted molar refractivity (Wildman–Crippen MR) is 108 cm³/mol. The Hall–Kier alpha value is -2.97. The highest BCUT2D eigenvalue weighted by molar-refractivity contribution is 6.30. The van der Waals surface area contributed by atoms with Crippen LogP contribution in [0.5, 0.6) is 0 Å². The second-order valence-electron chi connectivity index (χ2n) is 6.89. The molecule has 0 aliphatic heterocycles. The van der Waals surface area contributed by atoms with E-state index in [-0.39, 0.29) is 11.3 Å². The Morgan fingerprint density at radius 2 is 2.14 bits per heavy atom. The third-order valence-corrected chi connectivity index (χ3v) is 5.16. The van der Waals surface area contributed by atoms with Crippen LogP contribution in [0.15, 0.2) is 47.5 Å². The van der Waals surface area contributed by atoms with Gasteiger partial charge in [-0.2, -0.15) is 14.9 Å². The summed E-state index contributed by atoms with van der Waals surface area (Å²) >= 11 is 5.96. The molecule has 0 radical (unpaired) electrons. The maximum atomic E-state index is 13.1. The van der Waals surface area contributed by atoms with E-state index in [1.165, 1.54) is 12.3 Å². The molecule has 2 heterocycles. The van der Waals surface area contributed by atoms with Crippen molar-refractivity contribution in [2.24, 2.45) is 6.98 Å². The van der Waals surface area contributed by atoms with E-state index in [0.29, 0.717) is 29.1 Å². The predicted octanol–water partition coefficient (Wildman–Crippen LogP) is 1.93. The summed E-state index contributed by atoms with van der Waals surface area (Å²) in [4.78, 5) is 26.1. The topological polar surface area (TPSA) is 102 Å². The van der Waals surface area contributed by atoms with Crippen LogP contribution in [-0.4, -0.2) is 42.7 Å². The van der Waals surface area contributed by atoms with E-state index in [4.69, 9.17) is 15.7 Å². The average Bonchev–Trinajstić information content (AvgIpc) is 3.38. The SMILES string of the molecule is [2H]C([2H])([2H])n1cc(-n2nc(-c3ccc(Cl)cc3)cc(C(=O)N[C@@H]3CCC[C@H]3O)c2=O)cn1. The summed E-state index contributed by atoms with van der Waals surface area (Å²) in [5.74, 6) is -0.643. The molecule has 1 aromatic carbocycles. The summed E-state index contributed by atoms with van der Waals surface area (Å²) in [7, 11) is 0. The fourth-order valence-electron chi connectivity index (χ4n) is 3.37. The lowest BCUT2D eigenvalue weighted by Gasteiger charge is -2.17. The van der Waals surface area contributed by atoms with Crippen molar-refractivity contribution in [3.05, 3.63) is 63.7 Å². The van der Waals surface area contributed by atoms with Crippen molar-refractivity contribution >= 4 is 17.5 Å². The van der Waals surface area contributed by atoms with Crippen molar-refractivity contribution in [1.82, 2.24) is 24.9 Å². The summed E-state index contributed by atoms with van der Waals surface area (Å²) in [5.41, 5.74) is 0.0710. The first-order valence-electron chi connectivity index (χ1n) is 10.6. The van der Waals surface area contributed by atoms with Crippen molar-refractivity contribution in [2.45, 2.75) is 31.4 Å². The maximum absolute atomic E-state index is 13.1. The summed E-state index contributed by atoms with van der Waals surface area (Å²) in [6.07, 6.45) is 3.65. The van der Waals surface area contributed by atoms with Gasteiger partial charge in [-0.15, -0.1) is 0 Å². The quantitative estimate of drug-likeness (QED) is 0.676. The molecule has 4 rings (SSSR count). The molecular formula is C20H20ClN5O3. The molecule has 29 heavy (non-hydrogen) atoms. The minimum absolute atomic E-state index is 0.0943. The van der Waals surface area contributed by atoms with E-state index < -0.39 is 30.6 Å². The second-order valence-corrected chi connectivity index (χ2v) is 7.32. The largest absolute Gasteiger partial charge is 0.391 e. The number of carbonyl (C=O) groups is 1. The van der Waals surface area contributed by atoms with Gasteiger partial charge in [0.05, 0.1) is 30.2 Å². The highest BCUT2D eigenvalue weighted by Gasteiger charge is 2.28. The number of benzene rings is 1. The molecule has 1 fully saturated rings. The number of aryl methyl sites for hydroxylation is 1. The molecule has 150 valence electrons. The Bertz CT molecular complexity index is 1210. The Morgan fingerprint density at radius 1 is 1.34 bits per heavy atom.